The van der Waals surface area contributed by atoms with Crippen molar-refractivity contribution in [2.45, 2.75) is 6.42 Å². The number of hydrogen-bond acceptors (Lipinski definition) is 3. The molecule has 0 aliphatic carbocycles. The van der Waals surface area contributed by atoms with Crippen LogP contribution in [0.5, 0.6) is 0 Å². The van der Waals surface area contributed by atoms with Crippen LogP contribution in [0.2, 0.25) is 5.15 Å². The molecular formula is C11H16ClN3. The Morgan fingerprint density at radius 1 is 1.60 bits per heavy atom. The summed E-state index contributed by atoms with van der Waals surface area (Å²) in [6.07, 6.45) is 1.27. The summed E-state index contributed by atoms with van der Waals surface area (Å²) in [7, 11) is 2.16. The van der Waals surface area contributed by atoms with E-state index in [1.807, 2.05) is 12.1 Å². The maximum Gasteiger partial charge on any atom is 0.131 e. The molecule has 1 aromatic heterocycles. The van der Waals surface area contributed by atoms with Gasteiger partial charge in [-0.05, 0) is 38.1 Å². The first kappa shape index (κ1) is 10.7. The highest BCUT2D eigenvalue weighted by atomic mass is 35.5. The van der Waals surface area contributed by atoms with Crippen LogP contribution >= 0.6 is 11.6 Å². The molecule has 4 heteroatoms. The Balaban J connectivity index is 1.83. The summed E-state index contributed by atoms with van der Waals surface area (Å²) >= 11 is 5.80. The largest absolute Gasteiger partial charge is 0.370 e. The molecule has 1 unspecified atom stereocenters. The van der Waals surface area contributed by atoms with Crippen LogP contribution in [0.3, 0.4) is 0 Å². The molecule has 1 N–H and O–H groups in total. The average molecular weight is 226 g/mol. The van der Waals surface area contributed by atoms with Crippen molar-refractivity contribution in [1.29, 1.82) is 0 Å². The van der Waals surface area contributed by atoms with Gasteiger partial charge in [-0.3, -0.25) is 0 Å². The summed E-state index contributed by atoms with van der Waals surface area (Å²) in [5, 5.41) is 3.87. The van der Waals surface area contributed by atoms with Gasteiger partial charge in [-0.2, -0.15) is 0 Å². The number of hydrogen-bond donors (Lipinski definition) is 1. The van der Waals surface area contributed by atoms with Crippen molar-refractivity contribution >= 4 is 17.4 Å². The lowest BCUT2D eigenvalue weighted by molar-refractivity contribution is 0.399. The highest BCUT2D eigenvalue weighted by Gasteiger charge is 2.18. The molecule has 2 heterocycles. The van der Waals surface area contributed by atoms with Gasteiger partial charge in [0.25, 0.3) is 0 Å². The first-order valence-electron chi connectivity index (χ1n) is 5.29. The van der Waals surface area contributed by atoms with Crippen molar-refractivity contribution in [3.63, 3.8) is 0 Å². The predicted molar refractivity (Wildman–Crippen MR) is 63.3 cm³/mol. The van der Waals surface area contributed by atoms with E-state index in [9.17, 15) is 0 Å². The topological polar surface area (TPSA) is 28.2 Å². The highest BCUT2D eigenvalue weighted by Crippen LogP contribution is 2.15. The van der Waals surface area contributed by atoms with E-state index < -0.39 is 0 Å². The average Bonchev–Trinajstić information content (AvgIpc) is 2.62. The van der Waals surface area contributed by atoms with E-state index in [4.69, 9.17) is 11.6 Å². The molecule has 1 aliphatic heterocycles. The van der Waals surface area contributed by atoms with Gasteiger partial charge in [-0.25, -0.2) is 4.98 Å². The van der Waals surface area contributed by atoms with Gasteiger partial charge in [0.1, 0.15) is 11.0 Å². The monoisotopic (exact) mass is 225 g/mol. The van der Waals surface area contributed by atoms with Gasteiger partial charge in [-0.1, -0.05) is 17.7 Å². The minimum atomic E-state index is 0.545. The summed E-state index contributed by atoms with van der Waals surface area (Å²) in [5.41, 5.74) is 0. The van der Waals surface area contributed by atoms with Crippen LogP contribution in [-0.2, 0) is 0 Å². The van der Waals surface area contributed by atoms with Crippen molar-refractivity contribution in [2.75, 3.05) is 32.0 Å². The Kier molecular flexibility index (Phi) is 3.44. The van der Waals surface area contributed by atoms with E-state index in [1.165, 1.54) is 19.5 Å². The minimum Gasteiger partial charge on any atom is -0.370 e. The van der Waals surface area contributed by atoms with Gasteiger partial charge >= 0.3 is 0 Å². The lowest BCUT2D eigenvalue weighted by Crippen LogP contribution is -2.19. The van der Waals surface area contributed by atoms with Gasteiger partial charge in [0, 0.05) is 13.1 Å². The predicted octanol–water partition coefficient (Wildman–Crippen LogP) is 2.10. The molecule has 3 nitrogen and oxygen atoms in total. The first-order valence-corrected chi connectivity index (χ1v) is 5.67. The molecule has 1 saturated heterocycles. The van der Waals surface area contributed by atoms with Crippen LogP contribution in [-0.4, -0.2) is 36.6 Å². The quantitative estimate of drug-likeness (QED) is 0.799. The number of pyridine rings is 1. The van der Waals surface area contributed by atoms with E-state index in [0.29, 0.717) is 5.15 Å². The fourth-order valence-electron chi connectivity index (χ4n) is 1.95. The van der Waals surface area contributed by atoms with E-state index in [-0.39, 0.29) is 0 Å². The molecule has 0 amide bonds. The number of likely N-dealkylation sites (tertiary alicyclic amines) is 1. The lowest BCUT2D eigenvalue weighted by Gasteiger charge is -2.11. The third-order valence-electron chi connectivity index (χ3n) is 2.78. The van der Waals surface area contributed by atoms with Gasteiger partial charge < -0.3 is 10.2 Å². The molecule has 15 heavy (non-hydrogen) atoms. The molecule has 0 spiro atoms. The normalized spacial score (nSPS) is 21.9. The summed E-state index contributed by atoms with van der Waals surface area (Å²) < 4.78 is 0. The van der Waals surface area contributed by atoms with Gasteiger partial charge in [0.2, 0.25) is 0 Å². The number of nitrogens with zero attached hydrogens (tertiary/aromatic N) is 2. The molecule has 2 rings (SSSR count). The zero-order valence-corrected chi connectivity index (χ0v) is 9.67. The summed E-state index contributed by atoms with van der Waals surface area (Å²) in [6.45, 7) is 3.36. The van der Waals surface area contributed by atoms with Crippen molar-refractivity contribution in [1.82, 2.24) is 9.88 Å². The summed E-state index contributed by atoms with van der Waals surface area (Å²) in [4.78, 5) is 6.55. The fourth-order valence-corrected chi connectivity index (χ4v) is 2.11. The Morgan fingerprint density at radius 3 is 3.13 bits per heavy atom. The lowest BCUT2D eigenvalue weighted by atomic mass is 10.1. The second-order valence-electron chi connectivity index (χ2n) is 4.14. The molecular weight excluding hydrogens is 210 g/mol. The van der Waals surface area contributed by atoms with Crippen LogP contribution in [0.4, 0.5) is 5.82 Å². The summed E-state index contributed by atoms with van der Waals surface area (Å²) in [6, 6.07) is 5.65. The van der Waals surface area contributed by atoms with Crippen molar-refractivity contribution in [3.05, 3.63) is 23.4 Å². The van der Waals surface area contributed by atoms with Crippen molar-refractivity contribution < 1.29 is 0 Å². The Bertz CT molecular complexity index is 329. The molecule has 1 aliphatic rings. The number of rotatable bonds is 3. The molecule has 1 atom stereocenters. The van der Waals surface area contributed by atoms with E-state index >= 15 is 0 Å². The second kappa shape index (κ2) is 4.81. The number of halogens is 1. The van der Waals surface area contributed by atoms with Crippen LogP contribution < -0.4 is 5.32 Å². The van der Waals surface area contributed by atoms with Crippen LogP contribution in [0, 0.1) is 5.92 Å². The zero-order chi connectivity index (χ0) is 10.7. The Hall–Kier alpha value is -0.800. The van der Waals surface area contributed by atoms with Crippen molar-refractivity contribution in [3.8, 4) is 0 Å². The maximum atomic E-state index is 5.80. The van der Waals surface area contributed by atoms with E-state index in [1.54, 1.807) is 6.07 Å². The third-order valence-corrected chi connectivity index (χ3v) is 2.99. The number of nitrogens with one attached hydrogen (secondary N) is 1. The summed E-state index contributed by atoms with van der Waals surface area (Å²) in [5.74, 6) is 1.60. The molecule has 0 bridgehead atoms. The Labute approximate surface area is 95.4 Å². The SMILES string of the molecule is CN1CCC(CNc2cccc(Cl)n2)C1. The van der Waals surface area contributed by atoms with Gasteiger partial charge in [0.15, 0.2) is 0 Å². The molecule has 0 radical (unpaired) electrons. The molecule has 0 aromatic carbocycles. The van der Waals surface area contributed by atoms with Crippen molar-refractivity contribution in [2.24, 2.45) is 5.92 Å². The minimum absolute atomic E-state index is 0.545. The number of aromatic nitrogens is 1. The standard InChI is InChI=1S/C11H16ClN3/c1-15-6-5-9(8-15)7-13-11-4-2-3-10(12)14-11/h2-4,9H,5-8H2,1H3,(H,13,14). The first-order chi connectivity index (χ1) is 7.24. The van der Waals surface area contributed by atoms with Crippen LogP contribution in [0.15, 0.2) is 18.2 Å². The number of anilines is 1. The van der Waals surface area contributed by atoms with E-state index in [0.717, 1.165) is 18.3 Å². The molecule has 1 fully saturated rings. The smallest absolute Gasteiger partial charge is 0.131 e. The second-order valence-corrected chi connectivity index (χ2v) is 4.53. The Morgan fingerprint density at radius 2 is 2.47 bits per heavy atom. The molecule has 82 valence electrons. The van der Waals surface area contributed by atoms with Crippen LogP contribution in [0.1, 0.15) is 6.42 Å². The molecule has 0 saturated carbocycles. The highest BCUT2D eigenvalue weighted by molar-refractivity contribution is 6.29. The van der Waals surface area contributed by atoms with Gasteiger partial charge in [-0.15, -0.1) is 0 Å². The fraction of sp³-hybridized carbons (Fsp3) is 0.545. The van der Waals surface area contributed by atoms with Crippen LogP contribution in [0.25, 0.3) is 0 Å². The zero-order valence-electron chi connectivity index (χ0n) is 8.91. The van der Waals surface area contributed by atoms with Gasteiger partial charge in [0.05, 0.1) is 0 Å². The molecule has 1 aromatic rings. The third kappa shape index (κ3) is 3.08. The maximum absolute atomic E-state index is 5.80. The van der Waals surface area contributed by atoms with E-state index in [2.05, 4.69) is 22.2 Å².